The molecule has 110 valence electrons. The van der Waals surface area contributed by atoms with Crippen molar-refractivity contribution >= 4 is 17.1 Å². The number of carbonyl (C=O) groups excluding carboxylic acids is 1. The molecule has 0 spiro atoms. The normalized spacial score (nSPS) is 10.5. The largest absolute Gasteiger partial charge is 0.491 e. The van der Waals surface area contributed by atoms with E-state index in [0.29, 0.717) is 23.2 Å². The second-order valence-electron chi connectivity index (χ2n) is 4.76. The molecule has 22 heavy (non-hydrogen) atoms. The molecule has 5 heteroatoms. The lowest BCUT2D eigenvalue weighted by Crippen LogP contribution is -2.25. The third kappa shape index (κ3) is 2.74. The number of ether oxygens (including phenoxy) is 1. The van der Waals surface area contributed by atoms with E-state index in [2.05, 4.69) is 5.10 Å². The Bertz CT molecular complexity index is 871. The van der Waals surface area contributed by atoms with Gasteiger partial charge in [0.25, 0.3) is 5.56 Å². The van der Waals surface area contributed by atoms with E-state index in [9.17, 15) is 9.59 Å². The Morgan fingerprint density at radius 2 is 1.86 bits per heavy atom. The topological polar surface area (TPSA) is 61.2 Å². The Balaban J connectivity index is 1.76. The van der Waals surface area contributed by atoms with Gasteiger partial charge < -0.3 is 4.74 Å². The first-order chi connectivity index (χ1) is 10.8. The van der Waals surface area contributed by atoms with Crippen LogP contribution in [0.4, 0.5) is 0 Å². The van der Waals surface area contributed by atoms with Crippen LogP contribution in [0.3, 0.4) is 0 Å². The van der Waals surface area contributed by atoms with E-state index >= 15 is 0 Å². The van der Waals surface area contributed by atoms with E-state index in [1.807, 2.05) is 18.2 Å². The fourth-order valence-corrected chi connectivity index (χ4v) is 2.24. The van der Waals surface area contributed by atoms with Gasteiger partial charge in [0.2, 0.25) is 0 Å². The van der Waals surface area contributed by atoms with Crippen LogP contribution in [-0.4, -0.2) is 22.7 Å². The summed E-state index contributed by atoms with van der Waals surface area (Å²) in [6.45, 7) is 0.576. The van der Waals surface area contributed by atoms with Gasteiger partial charge in [-0.1, -0.05) is 30.3 Å². The van der Waals surface area contributed by atoms with Crippen molar-refractivity contribution in [2.75, 3.05) is 6.61 Å². The predicted octanol–water partition coefficient (Wildman–Crippen LogP) is 2.29. The first-order valence-corrected chi connectivity index (χ1v) is 6.91. The fourth-order valence-electron chi connectivity index (χ4n) is 2.24. The number of carbonyl (C=O) groups is 1. The molecule has 0 N–H and O–H groups in total. The molecule has 1 heterocycles. The molecule has 0 aliphatic carbocycles. The highest BCUT2D eigenvalue weighted by Crippen LogP contribution is 2.15. The number of hydrogen-bond acceptors (Lipinski definition) is 4. The van der Waals surface area contributed by atoms with Crippen molar-refractivity contribution in [1.82, 2.24) is 9.78 Å². The Morgan fingerprint density at radius 3 is 2.73 bits per heavy atom. The molecule has 0 fully saturated rings. The summed E-state index contributed by atoms with van der Waals surface area (Å²) in [5, 5.41) is 5.58. The molecule has 5 nitrogen and oxygen atoms in total. The van der Waals surface area contributed by atoms with Crippen LogP contribution in [0.15, 0.2) is 59.5 Å². The van der Waals surface area contributed by atoms with Crippen LogP contribution in [0.2, 0.25) is 0 Å². The smallest absolute Gasteiger partial charge is 0.274 e. The number of aromatic nitrogens is 2. The minimum atomic E-state index is -0.148. The number of aldehydes is 1. The number of rotatable bonds is 5. The Labute approximate surface area is 126 Å². The summed E-state index contributed by atoms with van der Waals surface area (Å²) in [6, 6.07) is 14.3. The minimum Gasteiger partial charge on any atom is -0.491 e. The Morgan fingerprint density at radius 1 is 1.09 bits per heavy atom. The van der Waals surface area contributed by atoms with Crippen molar-refractivity contribution in [2.45, 2.75) is 6.54 Å². The zero-order chi connectivity index (χ0) is 15.4. The van der Waals surface area contributed by atoms with Crippen LogP contribution in [0, 0.1) is 0 Å². The summed E-state index contributed by atoms with van der Waals surface area (Å²) >= 11 is 0. The quantitative estimate of drug-likeness (QED) is 0.677. The lowest BCUT2D eigenvalue weighted by molar-refractivity contribution is 0.111. The van der Waals surface area contributed by atoms with Crippen LogP contribution >= 0.6 is 0 Å². The van der Waals surface area contributed by atoms with Gasteiger partial charge in [-0.25, -0.2) is 4.68 Å². The van der Waals surface area contributed by atoms with Crippen molar-refractivity contribution in [2.24, 2.45) is 0 Å². The summed E-state index contributed by atoms with van der Waals surface area (Å²) in [4.78, 5) is 23.2. The van der Waals surface area contributed by atoms with Crippen molar-refractivity contribution in [1.29, 1.82) is 0 Å². The van der Waals surface area contributed by atoms with Gasteiger partial charge in [-0.2, -0.15) is 5.10 Å². The standard InChI is InChI=1S/C17H14N2O3/c20-12-14-6-2-4-8-16(14)22-10-9-19-17(21)15-7-3-1-5-13(15)11-18-19/h1-8,11-12H,9-10H2. The van der Waals surface area contributed by atoms with Crippen LogP contribution in [-0.2, 0) is 6.54 Å². The maximum atomic E-state index is 12.3. The van der Waals surface area contributed by atoms with E-state index in [4.69, 9.17) is 4.74 Å². The van der Waals surface area contributed by atoms with Gasteiger partial charge in [0.1, 0.15) is 12.4 Å². The molecule has 0 aliphatic rings. The molecule has 0 amide bonds. The van der Waals surface area contributed by atoms with Gasteiger partial charge in [-0.3, -0.25) is 9.59 Å². The molecular formula is C17H14N2O3. The van der Waals surface area contributed by atoms with Crippen molar-refractivity contribution in [3.05, 3.63) is 70.6 Å². The molecule has 0 unspecified atom stereocenters. The monoisotopic (exact) mass is 294 g/mol. The van der Waals surface area contributed by atoms with Gasteiger partial charge in [0.15, 0.2) is 6.29 Å². The molecule has 0 radical (unpaired) electrons. The predicted molar refractivity (Wildman–Crippen MR) is 83.3 cm³/mol. The van der Waals surface area contributed by atoms with Gasteiger partial charge in [-0.15, -0.1) is 0 Å². The SMILES string of the molecule is O=Cc1ccccc1OCCn1ncc2ccccc2c1=O. The van der Waals surface area contributed by atoms with E-state index < -0.39 is 0 Å². The van der Waals surface area contributed by atoms with Gasteiger partial charge in [-0.05, 0) is 18.2 Å². The van der Waals surface area contributed by atoms with Crippen LogP contribution in [0.5, 0.6) is 5.75 Å². The number of para-hydroxylation sites is 1. The molecule has 0 aliphatic heterocycles. The van der Waals surface area contributed by atoms with Gasteiger partial charge in [0, 0.05) is 5.39 Å². The highest BCUT2D eigenvalue weighted by molar-refractivity contribution is 5.80. The first-order valence-electron chi connectivity index (χ1n) is 6.91. The molecule has 3 rings (SSSR count). The molecular weight excluding hydrogens is 280 g/mol. The molecule has 0 bridgehead atoms. The summed E-state index contributed by atoms with van der Waals surface area (Å²) in [5.74, 6) is 0.506. The zero-order valence-electron chi connectivity index (χ0n) is 11.8. The lowest BCUT2D eigenvalue weighted by atomic mass is 10.2. The fraction of sp³-hybridized carbons (Fsp3) is 0.118. The molecule has 0 saturated carbocycles. The van der Waals surface area contributed by atoms with Crippen LogP contribution in [0.1, 0.15) is 10.4 Å². The highest BCUT2D eigenvalue weighted by atomic mass is 16.5. The number of fused-ring (bicyclic) bond motifs is 1. The maximum absolute atomic E-state index is 12.3. The van der Waals surface area contributed by atoms with E-state index in [1.165, 1.54) is 4.68 Å². The van der Waals surface area contributed by atoms with Gasteiger partial charge in [0.05, 0.1) is 23.7 Å². The molecule has 1 aromatic heterocycles. The molecule has 0 atom stereocenters. The summed E-state index contributed by atoms with van der Waals surface area (Å²) < 4.78 is 6.93. The second kappa shape index (κ2) is 6.22. The van der Waals surface area contributed by atoms with Crippen molar-refractivity contribution in [3.8, 4) is 5.75 Å². The van der Waals surface area contributed by atoms with Crippen molar-refractivity contribution < 1.29 is 9.53 Å². The van der Waals surface area contributed by atoms with E-state index in [1.54, 1.807) is 36.5 Å². The van der Waals surface area contributed by atoms with E-state index in [-0.39, 0.29) is 12.2 Å². The molecule has 3 aromatic rings. The first kappa shape index (κ1) is 14.0. The number of nitrogens with zero attached hydrogens (tertiary/aromatic N) is 2. The Hall–Kier alpha value is -2.95. The third-order valence-electron chi connectivity index (χ3n) is 3.37. The molecule has 2 aromatic carbocycles. The number of benzene rings is 2. The molecule has 0 saturated heterocycles. The summed E-state index contributed by atoms with van der Waals surface area (Å²) in [6.07, 6.45) is 2.41. The summed E-state index contributed by atoms with van der Waals surface area (Å²) in [7, 11) is 0. The maximum Gasteiger partial charge on any atom is 0.274 e. The van der Waals surface area contributed by atoms with Crippen LogP contribution in [0.25, 0.3) is 10.8 Å². The van der Waals surface area contributed by atoms with Crippen molar-refractivity contribution in [3.63, 3.8) is 0 Å². The van der Waals surface area contributed by atoms with Crippen LogP contribution < -0.4 is 10.3 Å². The average molecular weight is 294 g/mol. The third-order valence-corrected chi connectivity index (χ3v) is 3.37. The van der Waals surface area contributed by atoms with E-state index in [0.717, 1.165) is 11.7 Å². The zero-order valence-corrected chi connectivity index (χ0v) is 11.8. The minimum absolute atomic E-state index is 0.148. The lowest BCUT2D eigenvalue weighted by Gasteiger charge is -2.09. The Kier molecular flexibility index (Phi) is 3.96. The highest BCUT2D eigenvalue weighted by Gasteiger charge is 2.05. The van der Waals surface area contributed by atoms with Gasteiger partial charge >= 0.3 is 0 Å². The number of hydrogen-bond donors (Lipinski definition) is 0. The average Bonchev–Trinajstić information content (AvgIpc) is 2.57. The second-order valence-corrected chi connectivity index (χ2v) is 4.76. The summed E-state index contributed by atoms with van der Waals surface area (Å²) in [5.41, 5.74) is 0.340.